The number of likely N-dealkylation sites (N-methyl/N-ethyl adjacent to an activating group) is 1. The van der Waals surface area contributed by atoms with E-state index in [1.165, 1.54) is 5.69 Å². The summed E-state index contributed by atoms with van der Waals surface area (Å²) in [5, 5.41) is 4.02. The molecule has 0 saturated carbocycles. The summed E-state index contributed by atoms with van der Waals surface area (Å²) < 4.78 is 2.08. The van der Waals surface area contributed by atoms with E-state index in [1.54, 1.807) is 6.20 Å². The van der Waals surface area contributed by atoms with Gasteiger partial charge in [0.05, 0.1) is 5.69 Å². The van der Waals surface area contributed by atoms with Gasteiger partial charge in [0.2, 0.25) is 0 Å². The van der Waals surface area contributed by atoms with Gasteiger partial charge in [-0.2, -0.15) is 0 Å². The Hall–Kier alpha value is -1.36. The molecule has 0 unspecified atom stereocenters. The molecule has 4 nitrogen and oxygen atoms in total. The fourth-order valence-electron chi connectivity index (χ4n) is 2.35. The van der Waals surface area contributed by atoms with Crippen molar-refractivity contribution in [3.63, 3.8) is 0 Å². The molecule has 2 aromatic heterocycles. The minimum Gasteiger partial charge on any atom is -0.317 e. The first-order valence-corrected chi connectivity index (χ1v) is 7.84. The Labute approximate surface area is 131 Å². The first-order valence-electron chi connectivity index (χ1n) is 7.46. The van der Waals surface area contributed by atoms with Gasteiger partial charge >= 0.3 is 0 Å². The molecule has 2 rings (SSSR count). The second-order valence-electron chi connectivity index (χ2n) is 4.89. The van der Waals surface area contributed by atoms with Crippen molar-refractivity contribution in [1.82, 2.24) is 19.8 Å². The third-order valence-electron chi connectivity index (χ3n) is 3.64. The molecule has 0 aliphatic heterocycles. The van der Waals surface area contributed by atoms with Gasteiger partial charge in [0.1, 0.15) is 0 Å². The second kappa shape index (κ2) is 8.17. The summed E-state index contributed by atoms with van der Waals surface area (Å²) >= 11 is 6.17. The van der Waals surface area contributed by atoms with Crippen LogP contribution in [0.25, 0.3) is 5.69 Å². The zero-order valence-corrected chi connectivity index (χ0v) is 13.5. The van der Waals surface area contributed by atoms with Crippen molar-refractivity contribution >= 4 is 11.6 Å². The van der Waals surface area contributed by atoms with Gasteiger partial charge in [-0.05, 0) is 37.4 Å². The Bertz CT molecular complexity index is 549. The fraction of sp³-hybridized carbons (Fsp3) is 0.438. The van der Waals surface area contributed by atoms with Crippen molar-refractivity contribution in [2.24, 2.45) is 0 Å². The van der Waals surface area contributed by atoms with Crippen LogP contribution in [0, 0.1) is 0 Å². The number of rotatable bonds is 8. The zero-order chi connectivity index (χ0) is 15.1. The maximum absolute atomic E-state index is 6.17. The third kappa shape index (κ3) is 4.30. The van der Waals surface area contributed by atoms with E-state index in [4.69, 9.17) is 11.6 Å². The molecule has 2 heterocycles. The first-order chi connectivity index (χ1) is 10.3. The molecule has 0 saturated heterocycles. The van der Waals surface area contributed by atoms with Gasteiger partial charge in [-0.15, -0.1) is 0 Å². The lowest BCUT2D eigenvalue weighted by Crippen LogP contribution is -2.31. The molecule has 0 aliphatic carbocycles. The molecule has 0 aromatic carbocycles. The quantitative estimate of drug-likeness (QED) is 0.601. The largest absolute Gasteiger partial charge is 0.317 e. The molecule has 0 radical (unpaired) electrons. The molecule has 0 bridgehead atoms. The number of nitrogens with zero attached hydrogens (tertiary/aromatic N) is 3. The number of hydrogen-bond acceptors (Lipinski definition) is 3. The lowest BCUT2D eigenvalue weighted by Gasteiger charge is -2.18. The van der Waals surface area contributed by atoms with E-state index in [1.807, 2.05) is 24.4 Å². The number of pyridine rings is 1. The van der Waals surface area contributed by atoms with Crippen LogP contribution in [-0.4, -0.2) is 40.6 Å². The van der Waals surface area contributed by atoms with Crippen LogP contribution in [0.2, 0.25) is 5.15 Å². The molecule has 0 atom stereocenters. The molecule has 114 valence electrons. The van der Waals surface area contributed by atoms with Crippen molar-refractivity contribution in [2.75, 3.05) is 26.2 Å². The highest BCUT2D eigenvalue weighted by molar-refractivity contribution is 6.31. The van der Waals surface area contributed by atoms with Gasteiger partial charge in [0.15, 0.2) is 5.15 Å². The van der Waals surface area contributed by atoms with E-state index < -0.39 is 0 Å². The minimum absolute atomic E-state index is 0.526. The molecular formula is C16H23ClN4. The average molecular weight is 307 g/mol. The molecule has 5 heteroatoms. The minimum atomic E-state index is 0.526. The summed E-state index contributed by atoms with van der Waals surface area (Å²) in [5.74, 6) is 0. The summed E-state index contributed by atoms with van der Waals surface area (Å²) in [5.41, 5.74) is 2.11. The van der Waals surface area contributed by atoms with Crippen LogP contribution in [0.1, 0.15) is 19.5 Å². The second-order valence-corrected chi connectivity index (χ2v) is 5.24. The molecule has 21 heavy (non-hydrogen) atoms. The van der Waals surface area contributed by atoms with Crippen LogP contribution in [0.5, 0.6) is 0 Å². The fourth-order valence-corrected chi connectivity index (χ4v) is 2.56. The zero-order valence-electron chi connectivity index (χ0n) is 12.7. The topological polar surface area (TPSA) is 33.1 Å². The molecule has 0 aliphatic rings. The van der Waals surface area contributed by atoms with E-state index >= 15 is 0 Å². The number of nitrogens with one attached hydrogen (secondary N) is 1. The third-order valence-corrected chi connectivity index (χ3v) is 3.93. The van der Waals surface area contributed by atoms with Crippen LogP contribution in [-0.2, 0) is 6.54 Å². The molecule has 0 fully saturated rings. The predicted molar refractivity (Wildman–Crippen MR) is 88.1 cm³/mol. The van der Waals surface area contributed by atoms with E-state index in [0.717, 1.165) is 38.4 Å². The number of halogens is 1. The maximum Gasteiger partial charge on any atom is 0.152 e. The molecule has 2 aromatic rings. The van der Waals surface area contributed by atoms with Gasteiger partial charge in [-0.3, -0.25) is 0 Å². The van der Waals surface area contributed by atoms with Crippen LogP contribution in [0.3, 0.4) is 0 Å². The highest BCUT2D eigenvalue weighted by Gasteiger charge is 2.07. The van der Waals surface area contributed by atoms with E-state index in [2.05, 4.69) is 39.7 Å². The van der Waals surface area contributed by atoms with Crippen LogP contribution in [0.15, 0.2) is 36.7 Å². The summed E-state index contributed by atoms with van der Waals surface area (Å²) in [6.07, 6.45) is 3.72. The van der Waals surface area contributed by atoms with Crippen molar-refractivity contribution in [3.05, 3.63) is 47.5 Å². The lowest BCUT2D eigenvalue weighted by molar-refractivity contribution is 0.302. The summed E-state index contributed by atoms with van der Waals surface area (Å²) in [6, 6.07) is 8.02. The highest BCUT2D eigenvalue weighted by atomic mass is 35.5. The highest BCUT2D eigenvalue weighted by Crippen LogP contribution is 2.19. The summed E-state index contributed by atoms with van der Waals surface area (Å²) in [4.78, 5) is 6.54. The van der Waals surface area contributed by atoms with Gasteiger partial charge in [0.25, 0.3) is 0 Å². The SMILES string of the molecule is CCN(CC)CCNCc1cccn1-c1cccnc1Cl. The smallest absolute Gasteiger partial charge is 0.152 e. The van der Waals surface area contributed by atoms with Gasteiger partial charge in [-0.1, -0.05) is 25.4 Å². The molecular weight excluding hydrogens is 284 g/mol. The Kier molecular flexibility index (Phi) is 6.23. The molecule has 0 amide bonds. The normalized spacial score (nSPS) is 11.2. The van der Waals surface area contributed by atoms with Crippen molar-refractivity contribution < 1.29 is 0 Å². The van der Waals surface area contributed by atoms with Gasteiger partial charge in [0, 0.05) is 37.7 Å². The van der Waals surface area contributed by atoms with Crippen LogP contribution in [0.4, 0.5) is 0 Å². The van der Waals surface area contributed by atoms with Crippen LogP contribution < -0.4 is 5.32 Å². The van der Waals surface area contributed by atoms with E-state index in [9.17, 15) is 0 Å². The van der Waals surface area contributed by atoms with E-state index in [0.29, 0.717) is 5.15 Å². The summed E-state index contributed by atoms with van der Waals surface area (Å²) in [7, 11) is 0. The van der Waals surface area contributed by atoms with Gasteiger partial charge < -0.3 is 14.8 Å². The average Bonchev–Trinajstić information content (AvgIpc) is 2.96. The Morgan fingerprint density at radius 2 is 2.05 bits per heavy atom. The van der Waals surface area contributed by atoms with Gasteiger partial charge in [-0.25, -0.2) is 4.98 Å². The lowest BCUT2D eigenvalue weighted by atomic mass is 10.3. The van der Waals surface area contributed by atoms with Crippen molar-refractivity contribution in [1.29, 1.82) is 0 Å². The van der Waals surface area contributed by atoms with Crippen molar-refractivity contribution in [3.8, 4) is 5.69 Å². The Morgan fingerprint density at radius 3 is 2.76 bits per heavy atom. The summed E-state index contributed by atoms with van der Waals surface area (Å²) in [6.45, 7) is 9.45. The number of hydrogen-bond donors (Lipinski definition) is 1. The first kappa shape index (κ1) is 16.0. The molecule has 1 N–H and O–H groups in total. The maximum atomic E-state index is 6.17. The van der Waals surface area contributed by atoms with E-state index in [-0.39, 0.29) is 0 Å². The monoisotopic (exact) mass is 306 g/mol. The van der Waals surface area contributed by atoms with Crippen LogP contribution >= 0.6 is 11.6 Å². The molecule has 0 spiro atoms. The predicted octanol–water partition coefficient (Wildman–Crippen LogP) is 2.96. The Morgan fingerprint density at radius 1 is 1.24 bits per heavy atom. The standard InChI is InChI=1S/C16H23ClN4/c1-3-20(4-2)12-10-18-13-14-7-6-11-21(14)15-8-5-9-19-16(15)17/h5-9,11,18H,3-4,10,12-13H2,1-2H3. The van der Waals surface area contributed by atoms with Crippen molar-refractivity contribution in [2.45, 2.75) is 20.4 Å². The Balaban J connectivity index is 1.94. The number of aromatic nitrogens is 2.